The van der Waals surface area contributed by atoms with Crippen molar-refractivity contribution in [2.45, 2.75) is 13.8 Å². The number of carbonyl (C=O) groups is 1. The summed E-state index contributed by atoms with van der Waals surface area (Å²) < 4.78 is 14.7. The molecule has 1 amide bonds. The van der Waals surface area contributed by atoms with E-state index in [1.807, 2.05) is 6.07 Å². The molecule has 0 aromatic heterocycles. The second-order valence-corrected chi connectivity index (χ2v) is 7.17. The lowest BCUT2D eigenvalue weighted by Gasteiger charge is -2.35. The first-order valence-electron chi connectivity index (χ1n) is 9.35. The minimum absolute atomic E-state index is 0.277. The van der Waals surface area contributed by atoms with E-state index in [1.165, 1.54) is 6.07 Å². The highest BCUT2D eigenvalue weighted by Gasteiger charge is 2.19. The van der Waals surface area contributed by atoms with E-state index >= 15 is 0 Å². The molecule has 28 heavy (non-hydrogen) atoms. The van der Waals surface area contributed by atoms with Gasteiger partial charge in [0.2, 0.25) is 0 Å². The lowest BCUT2D eigenvalue weighted by molar-refractivity contribution is 0.0955. The number of rotatable bonds is 5. The minimum atomic E-state index is -0.345. The standard InChI is InChI=1S/C21H24ClFN4O/c1-3-26-10-12-27(13-11-26)20-9-6-17(14-19(20)23)15(2)24-25-21(28)16-4-7-18(22)8-5-16/h4-9,14H,3,10-13H2,1-2H3,(H,25,28)/b24-15-. The number of hydrogen-bond acceptors (Lipinski definition) is 4. The van der Waals surface area contributed by atoms with Crippen LogP contribution in [0.2, 0.25) is 5.02 Å². The topological polar surface area (TPSA) is 47.9 Å². The van der Waals surface area contributed by atoms with Crippen molar-refractivity contribution >= 4 is 28.9 Å². The monoisotopic (exact) mass is 402 g/mol. The summed E-state index contributed by atoms with van der Waals surface area (Å²) in [4.78, 5) is 16.5. The molecule has 1 aliphatic rings. The number of hydrazone groups is 1. The van der Waals surface area contributed by atoms with Crippen molar-refractivity contribution in [3.63, 3.8) is 0 Å². The summed E-state index contributed by atoms with van der Waals surface area (Å²) in [5.74, 6) is -0.622. The van der Waals surface area contributed by atoms with Gasteiger partial charge in [0.25, 0.3) is 5.91 Å². The van der Waals surface area contributed by atoms with Gasteiger partial charge in [0.05, 0.1) is 11.4 Å². The van der Waals surface area contributed by atoms with Crippen molar-refractivity contribution in [1.29, 1.82) is 0 Å². The fraction of sp³-hybridized carbons (Fsp3) is 0.333. The normalized spacial score (nSPS) is 15.6. The second-order valence-electron chi connectivity index (χ2n) is 6.73. The lowest BCUT2D eigenvalue weighted by atomic mass is 10.1. The lowest BCUT2D eigenvalue weighted by Crippen LogP contribution is -2.46. The van der Waals surface area contributed by atoms with E-state index in [4.69, 9.17) is 11.6 Å². The zero-order valence-electron chi connectivity index (χ0n) is 16.1. The number of carbonyl (C=O) groups excluding carboxylic acids is 1. The molecule has 1 fully saturated rings. The van der Waals surface area contributed by atoms with Crippen molar-refractivity contribution < 1.29 is 9.18 Å². The van der Waals surface area contributed by atoms with Crippen LogP contribution < -0.4 is 10.3 Å². The van der Waals surface area contributed by atoms with E-state index in [2.05, 4.69) is 27.3 Å². The smallest absolute Gasteiger partial charge is 0.271 e. The van der Waals surface area contributed by atoms with Crippen LogP contribution in [-0.2, 0) is 0 Å². The predicted octanol–water partition coefficient (Wildman–Crippen LogP) is 3.78. The minimum Gasteiger partial charge on any atom is -0.367 e. The Bertz CT molecular complexity index is 861. The Balaban J connectivity index is 1.66. The van der Waals surface area contributed by atoms with Gasteiger partial charge >= 0.3 is 0 Å². The van der Waals surface area contributed by atoms with Crippen LogP contribution >= 0.6 is 11.6 Å². The molecule has 1 heterocycles. The molecular formula is C21H24ClFN4O. The van der Waals surface area contributed by atoms with Crippen LogP contribution in [0.5, 0.6) is 0 Å². The Kier molecular flexibility index (Phi) is 6.65. The van der Waals surface area contributed by atoms with E-state index in [0.29, 0.717) is 27.5 Å². The highest BCUT2D eigenvalue weighted by Crippen LogP contribution is 2.22. The van der Waals surface area contributed by atoms with Crippen LogP contribution in [0, 0.1) is 5.82 Å². The van der Waals surface area contributed by atoms with Crippen molar-refractivity contribution in [3.05, 3.63) is 64.4 Å². The van der Waals surface area contributed by atoms with Gasteiger partial charge in [-0.3, -0.25) is 4.79 Å². The third-order valence-electron chi connectivity index (χ3n) is 4.96. The molecule has 2 aromatic rings. The molecule has 0 unspecified atom stereocenters. The number of halogens is 2. The molecule has 3 rings (SSSR count). The third-order valence-corrected chi connectivity index (χ3v) is 5.21. The Morgan fingerprint density at radius 3 is 2.36 bits per heavy atom. The molecule has 0 radical (unpaired) electrons. The molecule has 5 nitrogen and oxygen atoms in total. The summed E-state index contributed by atoms with van der Waals surface area (Å²) in [6.07, 6.45) is 0. The zero-order chi connectivity index (χ0) is 20.1. The SMILES string of the molecule is CCN1CCN(c2ccc(/C(C)=N\NC(=O)c3ccc(Cl)cc3)cc2F)CC1. The van der Waals surface area contributed by atoms with E-state index in [9.17, 15) is 9.18 Å². The largest absolute Gasteiger partial charge is 0.367 e. The predicted molar refractivity (Wildman–Crippen MR) is 112 cm³/mol. The van der Waals surface area contributed by atoms with Gasteiger partial charge in [-0.05, 0) is 49.9 Å². The third kappa shape index (κ3) is 4.88. The number of amides is 1. The fourth-order valence-corrected chi connectivity index (χ4v) is 3.28. The molecule has 148 valence electrons. The van der Waals surface area contributed by atoms with Gasteiger partial charge in [0.1, 0.15) is 5.82 Å². The highest BCUT2D eigenvalue weighted by molar-refractivity contribution is 6.30. The molecule has 7 heteroatoms. The summed E-state index contributed by atoms with van der Waals surface area (Å²) in [6, 6.07) is 11.6. The first-order valence-corrected chi connectivity index (χ1v) is 9.73. The fourth-order valence-electron chi connectivity index (χ4n) is 3.16. The maximum atomic E-state index is 14.7. The molecule has 1 N–H and O–H groups in total. The van der Waals surface area contributed by atoms with Crippen molar-refractivity contribution in [1.82, 2.24) is 10.3 Å². The number of hydrogen-bond donors (Lipinski definition) is 1. The summed E-state index contributed by atoms with van der Waals surface area (Å²) in [7, 11) is 0. The molecule has 1 aliphatic heterocycles. The molecule has 0 bridgehead atoms. The maximum absolute atomic E-state index is 14.7. The van der Waals surface area contributed by atoms with Crippen LogP contribution in [0.1, 0.15) is 29.8 Å². The Hall–Kier alpha value is -2.44. The molecular weight excluding hydrogens is 379 g/mol. The summed E-state index contributed by atoms with van der Waals surface area (Å²) in [6.45, 7) is 8.40. The van der Waals surface area contributed by atoms with E-state index in [0.717, 1.165) is 32.7 Å². The Morgan fingerprint density at radius 2 is 1.75 bits per heavy atom. The van der Waals surface area contributed by atoms with Crippen LogP contribution in [-0.4, -0.2) is 49.2 Å². The number of nitrogens with zero attached hydrogens (tertiary/aromatic N) is 3. The summed E-state index contributed by atoms with van der Waals surface area (Å²) >= 11 is 5.82. The Labute approximate surface area is 169 Å². The van der Waals surface area contributed by atoms with Gasteiger partial charge in [-0.1, -0.05) is 24.6 Å². The molecule has 0 aliphatic carbocycles. The van der Waals surface area contributed by atoms with Crippen molar-refractivity contribution in [2.75, 3.05) is 37.6 Å². The van der Waals surface area contributed by atoms with Gasteiger partial charge in [0, 0.05) is 42.3 Å². The van der Waals surface area contributed by atoms with Gasteiger partial charge < -0.3 is 9.80 Å². The van der Waals surface area contributed by atoms with Crippen molar-refractivity contribution in [2.24, 2.45) is 5.10 Å². The number of piperazine rings is 1. The Morgan fingerprint density at radius 1 is 1.11 bits per heavy atom. The summed E-state index contributed by atoms with van der Waals surface area (Å²) in [5, 5.41) is 4.65. The zero-order valence-corrected chi connectivity index (χ0v) is 16.8. The average Bonchev–Trinajstić information content (AvgIpc) is 2.72. The molecule has 0 saturated carbocycles. The number of nitrogens with one attached hydrogen (secondary N) is 1. The summed E-state index contributed by atoms with van der Waals surface area (Å²) in [5.41, 5.74) is 4.71. The van der Waals surface area contributed by atoms with Gasteiger partial charge in [-0.2, -0.15) is 5.10 Å². The maximum Gasteiger partial charge on any atom is 0.271 e. The first kappa shape index (κ1) is 20.3. The van der Waals surface area contributed by atoms with Crippen LogP contribution in [0.15, 0.2) is 47.6 Å². The van der Waals surface area contributed by atoms with Crippen molar-refractivity contribution in [3.8, 4) is 0 Å². The second kappa shape index (κ2) is 9.17. The van der Waals surface area contributed by atoms with Gasteiger partial charge in [-0.25, -0.2) is 9.82 Å². The van der Waals surface area contributed by atoms with E-state index in [1.54, 1.807) is 37.3 Å². The van der Waals surface area contributed by atoms with E-state index in [-0.39, 0.29) is 11.7 Å². The average molecular weight is 403 g/mol. The number of anilines is 1. The number of likely N-dealkylation sites (N-methyl/N-ethyl adjacent to an activating group) is 1. The van der Waals surface area contributed by atoms with Crippen LogP contribution in [0.25, 0.3) is 0 Å². The van der Waals surface area contributed by atoms with Gasteiger partial charge in [0.15, 0.2) is 0 Å². The molecule has 0 spiro atoms. The van der Waals surface area contributed by atoms with Crippen LogP contribution in [0.3, 0.4) is 0 Å². The van der Waals surface area contributed by atoms with E-state index < -0.39 is 0 Å². The highest BCUT2D eigenvalue weighted by atomic mass is 35.5. The first-order chi connectivity index (χ1) is 13.5. The number of benzene rings is 2. The quantitative estimate of drug-likeness (QED) is 0.611. The molecule has 0 atom stereocenters. The van der Waals surface area contributed by atoms with Crippen LogP contribution in [0.4, 0.5) is 10.1 Å². The molecule has 1 saturated heterocycles. The van der Waals surface area contributed by atoms with Gasteiger partial charge in [-0.15, -0.1) is 0 Å². The molecule has 2 aromatic carbocycles.